The number of aryl methyl sites for hydroxylation is 1. The molecule has 0 saturated heterocycles. The zero-order valence-corrected chi connectivity index (χ0v) is 13.1. The van der Waals surface area contributed by atoms with Crippen molar-refractivity contribution in [1.29, 1.82) is 0 Å². The van der Waals surface area contributed by atoms with E-state index in [1.165, 1.54) is 0 Å². The molecule has 1 aromatic carbocycles. The lowest BCUT2D eigenvalue weighted by Gasteiger charge is -2.24. The van der Waals surface area contributed by atoms with E-state index in [2.05, 4.69) is 10.3 Å². The van der Waals surface area contributed by atoms with Crippen LogP contribution >= 0.6 is 0 Å². The largest absolute Gasteiger partial charge is 0.480 e. The van der Waals surface area contributed by atoms with Gasteiger partial charge in [-0.1, -0.05) is 32.4 Å². The van der Waals surface area contributed by atoms with Crippen molar-refractivity contribution >= 4 is 22.8 Å². The van der Waals surface area contributed by atoms with E-state index < -0.39 is 17.8 Å². The molecule has 0 amide bonds. The number of carboxylic acid groups (broad SMARTS) is 1. The second-order valence-corrected chi connectivity index (χ2v) is 6.63. The van der Waals surface area contributed by atoms with Crippen molar-refractivity contribution in [3.8, 4) is 0 Å². The summed E-state index contributed by atoms with van der Waals surface area (Å²) in [6.45, 7) is 7.77. The van der Waals surface area contributed by atoms with Gasteiger partial charge in [-0.05, 0) is 30.9 Å². The van der Waals surface area contributed by atoms with Crippen LogP contribution in [0.15, 0.2) is 27.4 Å². The van der Waals surface area contributed by atoms with Gasteiger partial charge in [-0.3, -0.25) is 0 Å². The number of anilines is 1. The van der Waals surface area contributed by atoms with Crippen LogP contribution in [0.1, 0.15) is 32.8 Å². The number of aromatic nitrogens is 1. The standard InChI is InChI=1S/C16H20N2O4/c1-9-5-6-12-10(7-9)13(18-15(21)22-12)17-11(14(19)20)8-16(2,3)4/h5-7,11H,8H2,1-4H3,(H,19,20)(H,17,18,21). The zero-order chi connectivity index (χ0) is 16.5. The maximum absolute atomic E-state index is 11.6. The molecule has 118 valence electrons. The summed E-state index contributed by atoms with van der Waals surface area (Å²) in [5, 5.41) is 12.9. The summed E-state index contributed by atoms with van der Waals surface area (Å²) >= 11 is 0. The van der Waals surface area contributed by atoms with Gasteiger partial charge in [-0.25, -0.2) is 9.59 Å². The summed E-state index contributed by atoms with van der Waals surface area (Å²) in [7, 11) is 0. The molecule has 0 fully saturated rings. The highest BCUT2D eigenvalue weighted by molar-refractivity contribution is 5.90. The minimum Gasteiger partial charge on any atom is -0.480 e. The fourth-order valence-electron chi connectivity index (χ4n) is 2.27. The first kappa shape index (κ1) is 16.0. The molecule has 0 radical (unpaired) electrons. The molecule has 0 saturated carbocycles. The van der Waals surface area contributed by atoms with Crippen molar-refractivity contribution in [3.05, 3.63) is 34.3 Å². The Balaban J connectivity index is 2.46. The van der Waals surface area contributed by atoms with Crippen LogP contribution in [0.3, 0.4) is 0 Å². The number of hydrogen-bond acceptors (Lipinski definition) is 5. The predicted octanol–water partition coefficient (Wildman–Crippen LogP) is 2.80. The molecule has 22 heavy (non-hydrogen) atoms. The van der Waals surface area contributed by atoms with Crippen molar-refractivity contribution in [1.82, 2.24) is 4.98 Å². The van der Waals surface area contributed by atoms with Gasteiger partial charge >= 0.3 is 11.7 Å². The van der Waals surface area contributed by atoms with Gasteiger partial charge < -0.3 is 14.8 Å². The fraction of sp³-hybridized carbons (Fsp3) is 0.438. The van der Waals surface area contributed by atoms with E-state index in [-0.39, 0.29) is 11.2 Å². The molecule has 6 nitrogen and oxygen atoms in total. The normalized spacial score (nSPS) is 13.1. The first-order valence-electron chi connectivity index (χ1n) is 7.06. The van der Waals surface area contributed by atoms with Crippen LogP contribution in [-0.4, -0.2) is 22.1 Å². The predicted molar refractivity (Wildman–Crippen MR) is 84.1 cm³/mol. The minimum absolute atomic E-state index is 0.179. The van der Waals surface area contributed by atoms with E-state index >= 15 is 0 Å². The number of fused-ring (bicyclic) bond motifs is 1. The topological polar surface area (TPSA) is 92.4 Å². The lowest BCUT2D eigenvalue weighted by Crippen LogP contribution is -2.34. The molecule has 0 aliphatic rings. The van der Waals surface area contributed by atoms with Crippen LogP contribution in [0.2, 0.25) is 0 Å². The maximum atomic E-state index is 11.6. The number of nitrogens with zero attached hydrogens (tertiary/aromatic N) is 1. The van der Waals surface area contributed by atoms with Gasteiger partial charge in [0.2, 0.25) is 0 Å². The lowest BCUT2D eigenvalue weighted by atomic mass is 9.88. The van der Waals surface area contributed by atoms with Gasteiger partial charge in [-0.15, -0.1) is 0 Å². The van der Waals surface area contributed by atoms with Crippen molar-refractivity contribution in [2.75, 3.05) is 5.32 Å². The third kappa shape index (κ3) is 3.84. The lowest BCUT2D eigenvalue weighted by molar-refractivity contribution is -0.138. The molecule has 0 bridgehead atoms. The number of nitrogens with one attached hydrogen (secondary N) is 1. The molecular weight excluding hydrogens is 284 g/mol. The highest BCUT2D eigenvalue weighted by atomic mass is 16.4. The summed E-state index contributed by atoms with van der Waals surface area (Å²) < 4.78 is 5.05. The summed E-state index contributed by atoms with van der Waals surface area (Å²) in [6, 6.07) is 4.47. The molecule has 2 N–H and O–H groups in total. The molecule has 6 heteroatoms. The highest BCUT2D eigenvalue weighted by Crippen LogP contribution is 2.26. The number of benzene rings is 1. The SMILES string of the molecule is Cc1ccc2oc(=O)nc(NC(CC(C)(C)C)C(=O)O)c2c1. The summed E-state index contributed by atoms with van der Waals surface area (Å²) in [5.74, 6) is -1.49. The Morgan fingerprint density at radius 2 is 2.09 bits per heavy atom. The molecule has 1 aromatic heterocycles. The van der Waals surface area contributed by atoms with Crippen molar-refractivity contribution in [2.45, 2.75) is 40.2 Å². The van der Waals surface area contributed by atoms with Crippen LogP contribution in [0.25, 0.3) is 11.0 Å². The summed E-state index contributed by atoms with van der Waals surface area (Å²) in [4.78, 5) is 26.8. The monoisotopic (exact) mass is 304 g/mol. The van der Waals surface area contributed by atoms with E-state index in [4.69, 9.17) is 4.42 Å². The smallest absolute Gasteiger partial charge is 0.441 e. The summed E-state index contributed by atoms with van der Waals surface area (Å²) in [6.07, 6.45) is 0.400. The number of aliphatic carboxylic acids is 1. The molecule has 2 rings (SSSR count). The Labute approximate surface area is 128 Å². The van der Waals surface area contributed by atoms with E-state index in [9.17, 15) is 14.7 Å². The van der Waals surface area contributed by atoms with Gasteiger partial charge in [0.1, 0.15) is 17.4 Å². The Kier molecular flexibility index (Phi) is 4.21. The van der Waals surface area contributed by atoms with Gasteiger partial charge in [0.05, 0.1) is 5.39 Å². The van der Waals surface area contributed by atoms with Gasteiger partial charge in [0.15, 0.2) is 0 Å². The minimum atomic E-state index is -0.981. The van der Waals surface area contributed by atoms with Crippen molar-refractivity contribution in [3.63, 3.8) is 0 Å². The van der Waals surface area contributed by atoms with Gasteiger partial charge in [0.25, 0.3) is 0 Å². The number of rotatable bonds is 4. The Morgan fingerprint density at radius 1 is 1.41 bits per heavy atom. The van der Waals surface area contributed by atoms with E-state index in [0.29, 0.717) is 17.4 Å². The maximum Gasteiger partial charge on any atom is 0.441 e. The Morgan fingerprint density at radius 3 is 2.68 bits per heavy atom. The van der Waals surface area contributed by atoms with E-state index in [1.54, 1.807) is 6.07 Å². The average Bonchev–Trinajstić information content (AvgIpc) is 2.37. The molecular formula is C16H20N2O4. The molecule has 1 atom stereocenters. The van der Waals surface area contributed by atoms with E-state index in [0.717, 1.165) is 5.56 Å². The second kappa shape index (κ2) is 5.79. The van der Waals surface area contributed by atoms with Crippen LogP contribution in [-0.2, 0) is 4.79 Å². The van der Waals surface area contributed by atoms with Crippen LogP contribution in [0, 0.1) is 12.3 Å². The van der Waals surface area contributed by atoms with Crippen molar-refractivity contribution < 1.29 is 14.3 Å². The fourth-order valence-corrected chi connectivity index (χ4v) is 2.27. The van der Waals surface area contributed by atoms with E-state index in [1.807, 2.05) is 39.8 Å². The van der Waals surface area contributed by atoms with Gasteiger partial charge in [-0.2, -0.15) is 4.98 Å². The highest BCUT2D eigenvalue weighted by Gasteiger charge is 2.25. The van der Waals surface area contributed by atoms with Gasteiger partial charge in [0, 0.05) is 0 Å². The molecule has 0 aliphatic carbocycles. The molecule has 2 aromatic rings. The molecule has 0 spiro atoms. The third-order valence-electron chi connectivity index (χ3n) is 3.22. The zero-order valence-electron chi connectivity index (χ0n) is 13.1. The quantitative estimate of drug-likeness (QED) is 0.902. The Bertz CT molecular complexity index is 759. The Hall–Kier alpha value is -2.37. The second-order valence-electron chi connectivity index (χ2n) is 6.63. The summed E-state index contributed by atoms with van der Waals surface area (Å²) in [5.41, 5.74) is 1.17. The number of hydrogen-bond donors (Lipinski definition) is 2. The molecule has 1 unspecified atom stereocenters. The molecule has 1 heterocycles. The first-order valence-corrected chi connectivity index (χ1v) is 7.06. The molecule has 0 aliphatic heterocycles. The number of carbonyl (C=O) groups is 1. The van der Waals surface area contributed by atoms with Crippen LogP contribution in [0.5, 0.6) is 0 Å². The van der Waals surface area contributed by atoms with Crippen molar-refractivity contribution in [2.24, 2.45) is 5.41 Å². The van der Waals surface area contributed by atoms with Crippen LogP contribution < -0.4 is 11.1 Å². The average molecular weight is 304 g/mol. The third-order valence-corrected chi connectivity index (χ3v) is 3.22. The number of carboxylic acids is 1. The first-order chi connectivity index (χ1) is 10.2. The van der Waals surface area contributed by atoms with Crippen LogP contribution in [0.4, 0.5) is 5.82 Å².